The molecule has 0 unspecified atom stereocenters. The Labute approximate surface area is 76.8 Å². The van der Waals surface area contributed by atoms with Crippen LogP contribution in [0.5, 0.6) is 0 Å². The van der Waals surface area contributed by atoms with Crippen LogP contribution in [0.25, 0.3) is 0 Å². The minimum absolute atomic E-state index is 0. The summed E-state index contributed by atoms with van der Waals surface area (Å²) in [6.45, 7) is 0.434. The monoisotopic (exact) mass is 193 g/mol. The number of nitrogens with zero attached hydrogens (tertiary/aromatic N) is 3. The van der Waals surface area contributed by atoms with Crippen LogP contribution in [0.3, 0.4) is 0 Å². The molecule has 1 aromatic heterocycles. The van der Waals surface area contributed by atoms with Crippen LogP contribution in [0.1, 0.15) is 11.7 Å². The molecule has 70 valence electrons. The van der Waals surface area contributed by atoms with Gasteiger partial charge >= 0.3 is 0 Å². The van der Waals surface area contributed by atoms with Crippen molar-refractivity contribution in [1.82, 2.24) is 15.0 Å². The normalized spacial score (nSPS) is 10.0. The highest BCUT2D eigenvalue weighted by atomic mass is 35.5. The van der Waals surface area contributed by atoms with Crippen molar-refractivity contribution in [2.24, 2.45) is 0 Å². The lowest BCUT2D eigenvalue weighted by atomic mass is 10.5. The van der Waals surface area contributed by atoms with Gasteiger partial charge in [-0.1, -0.05) is 5.16 Å². The molecule has 0 amide bonds. The van der Waals surface area contributed by atoms with E-state index in [0.29, 0.717) is 12.4 Å². The van der Waals surface area contributed by atoms with Gasteiger partial charge in [-0.15, -0.1) is 12.4 Å². The number of rotatable bonds is 3. The SMILES string of the molecule is CN(C)Cc1noc(CO)n1.Cl. The Morgan fingerprint density at radius 2 is 2.17 bits per heavy atom. The van der Waals surface area contributed by atoms with Crippen molar-refractivity contribution in [1.29, 1.82) is 0 Å². The second kappa shape index (κ2) is 5.08. The van der Waals surface area contributed by atoms with Crippen molar-refractivity contribution in [2.45, 2.75) is 13.2 Å². The van der Waals surface area contributed by atoms with E-state index in [4.69, 9.17) is 5.11 Å². The van der Waals surface area contributed by atoms with Crippen molar-refractivity contribution >= 4 is 12.4 Å². The molecule has 0 aromatic carbocycles. The number of hydrogen-bond acceptors (Lipinski definition) is 5. The zero-order valence-corrected chi connectivity index (χ0v) is 7.84. The lowest BCUT2D eigenvalue weighted by molar-refractivity contribution is 0.222. The number of aromatic nitrogens is 2. The number of aliphatic hydroxyl groups excluding tert-OH is 1. The van der Waals surface area contributed by atoms with E-state index >= 15 is 0 Å². The van der Waals surface area contributed by atoms with Gasteiger partial charge in [0.05, 0.1) is 6.54 Å². The zero-order chi connectivity index (χ0) is 8.27. The molecule has 0 aliphatic carbocycles. The Hall–Kier alpha value is -0.650. The van der Waals surface area contributed by atoms with E-state index in [1.165, 1.54) is 0 Å². The van der Waals surface area contributed by atoms with Gasteiger partial charge in [-0.2, -0.15) is 4.98 Å². The van der Waals surface area contributed by atoms with Crippen LogP contribution >= 0.6 is 12.4 Å². The molecule has 1 heterocycles. The molecule has 0 spiro atoms. The van der Waals surface area contributed by atoms with Crippen LogP contribution in [-0.2, 0) is 13.2 Å². The summed E-state index contributed by atoms with van der Waals surface area (Å²) in [4.78, 5) is 5.82. The quantitative estimate of drug-likeness (QED) is 0.735. The molecule has 5 nitrogen and oxygen atoms in total. The predicted molar refractivity (Wildman–Crippen MR) is 44.9 cm³/mol. The van der Waals surface area contributed by atoms with Crippen LogP contribution in [0.15, 0.2) is 4.52 Å². The first-order chi connectivity index (χ1) is 5.22. The molecule has 0 aliphatic heterocycles. The molecule has 6 heteroatoms. The van der Waals surface area contributed by atoms with Gasteiger partial charge in [0, 0.05) is 0 Å². The van der Waals surface area contributed by atoms with Crippen molar-refractivity contribution in [3.63, 3.8) is 0 Å². The standard InChI is InChI=1S/C6H11N3O2.ClH/c1-9(2)3-5-7-6(4-10)11-8-5;/h10H,3-4H2,1-2H3;1H. The van der Waals surface area contributed by atoms with Crippen LogP contribution in [0.4, 0.5) is 0 Å². The molecule has 0 saturated carbocycles. The van der Waals surface area contributed by atoms with E-state index in [9.17, 15) is 0 Å². The van der Waals surface area contributed by atoms with Crippen molar-refractivity contribution in [3.8, 4) is 0 Å². The van der Waals surface area contributed by atoms with Crippen molar-refractivity contribution in [2.75, 3.05) is 14.1 Å². The molecule has 12 heavy (non-hydrogen) atoms. The fourth-order valence-corrected chi connectivity index (χ4v) is 0.701. The largest absolute Gasteiger partial charge is 0.387 e. The second-order valence-electron chi connectivity index (χ2n) is 2.50. The van der Waals surface area contributed by atoms with Crippen molar-refractivity contribution < 1.29 is 9.63 Å². The maximum atomic E-state index is 8.58. The average molecular weight is 194 g/mol. The third-order valence-electron chi connectivity index (χ3n) is 1.10. The second-order valence-corrected chi connectivity index (χ2v) is 2.50. The van der Waals surface area contributed by atoms with E-state index in [2.05, 4.69) is 14.7 Å². The Bertz CT molecular complexity index is 226. The lowest BCUT2D eigenvalue weighted by Crippen LogP contribution is -2.11. The zero-order valence-electron chi connectivity index (χ0n) is 7.02. The first kappa shape index (κ1) is 11.4. The first-order valence-electron chi connectivity index (χ1n) is 3.29. The van der Waals surface area contributed by atoms with Crippen LogP contribution in [0, 0.1) is 0 Å². The summed E-state index contributed by atoms with van der Waals surface area (Å²) in [7, 11) is 3.82. The maximum absolute atomic E-state index is 8.58. The topological polar surface area (TPSA) is 62.4 Å². The van der Waals surface area contributed by atoms with E-state index in [-0.39, 0.29) is 24.9 Å². The third kappa shape index (κ3) is 3.17. The average Bonchev–Trinajstić information content (AvgIpc) is 2.34. The molecule has 0 aliphatic rings. The fourth-order valence-electron chi connectivity index (χ4n) is 0.701. The van der Waals surface area contributed by atoms with Crippen LogP contribution in [0.2, 0.25) is 0 Å². The van der Waals surface area contributed by atoms with Gasteiger partial charge in [0.1, 0.15) is 6.61 Å². The molecular formula is C6H12ClN3O2. The molecule has 0 fully saturated rings. The maximum Gasteiger partial charge on any atom is 0.252 e. The predicted octanol–water partition coefficient (Wildman–Crippen LogP) is 0.0453. The van der Waals surface area contributed by atoms with E-state index in [0.717, 1.165) is 0 Å². The lowest BCUT2D eigenvalue weighted by Gasteiger charge is -2.03. The summed E-state index contributed by atoms with van der Waals surface area (Å²) in [5.41, 5.74) is 0. The van der Waals surface area contributed by atoms with Gasteiger partial charge in [0.25, 0.3) is 5.89 Å². The molecule has 1 N–H and O–H groups in total. The molecular weight excluding hydrogens is 182 g/mol. The van der Waals surface area contributed by atoms with Gasteiger partial charge in [-0.3, -0.25) is 0 Å². The number of aliphatic hydroxyl groups is 1. The first-order valence-corrected chi connectivity index (χ1v) is 3.29. The summed E-state index contributed by atoms with van der Waals surface area (Å²) >= 11 is 0. The van der Waals surface area contributed by atoms with Gasteiger partial charge in [0.15, 0.2) is 5.82 Å². The molecule has 0 atom stereocenters. The molecule has 1 aromatic rings. The van der Waals surface area contributed by atoms with E-state index < -0.39 is 0 Å². The summed E-state index contributed by atoms with van der Waals surface area (Å²) in [5, 5.41) is 12.2. The molecule has 0 bridgehead atoms. The Morgan fingerprint density at radius 1 is 1.50 bits per heavy atom. The van der Waals surface area contributed by atoms with Crippen LogP contribution < -0.4 is 0 Å². The van der Waals surface area contributed by atoms with E-state index in [1.54, 1.807) is 0 Å². The third-order valence-corrected chi connectivity index (χ3v) is 1.10. The molecule has 0 saturated heterocycles. The van der Waals surface area contributed by atoms with Gasteiger partial charge in [-0.25, -0.2) is 0 Å². The highest BCUT2D eigenvalue weighted by Gasteiger charge is 2.04. The van der Waals surface area contributed by atoms with Gasteiger partial charge < -0.3 is 14.5 Å². The van der Waals surface area contributed by atoms with Crippen molar-refractivity contribution in [3.05, 3.63) is 11.7 Å². The highest BCUT2D eigenvalue weighted by Crippen LogP contribution is 1.98. The smallest absolute Gasteiger partial charge is 0.252 e. The Morgan fingerprint density at radius 3 is 2.58 bits per heavy atom. The number of halogens is 1. The summed E-state index contributed by atoms with van der Waals surface area (Å²) in [6.07, 6.45) is 0. The van der Waals surface area contributed by atoms with Crippen LogP contribution in [-0.4, -0.2) is 34.2 Å². The minimum atomic E-state index is -0.194. The Kier molecular flexibility index (Phi) is 4.80. The van der Waals surface area contributed by atoms with E-state index in [1.807, 2.05) is 19.0 Å². The molecule has 1 rings (SSSR count). The summed E-state index contributed by atoms with van der Waals surface area (Å²) in [6, 6.07) is 0. The summed E-state index contributed by atoms with van der Waals surface area (Å²) in [5.74, 6) is 0.862. The minimum Gasteiger partial charge on any atom is -0.387 e. The Balaban J connectivity index is 0.00000121. The summed E-state index contributed by atoms with van der Waals surface area (Å²) < 4.78 is 4.68. The fraction of sp³-hybridized carbons (Fsp3) is 0.667. The molecule has 0 radical (unpaired) electrons. The van der Waals surface area contributed by atoms with Gasteiger partial charge in [-0.05, 0) is 14.1 Å². The highest BCUT2D eigenvalue weighted by molar-refractivity contribution is 5.85. The number of hydrogen-bond donors (Lipinski definition) is 1. The van der Waals surface area contributed by atoms with Gasteiger partial charge in [0.2, 0.25) is 0 Å².